The van der Waals surface area contributed by atoms with Crippen LogP contribution in [0, 0.1) is 39.0 Å². The quantitative estimate of drug-likeness (QED) is 0.279. The van der Waals surface area contributed by atoms with Gasteiger partial charge in [-0.25, -0.2) is 9.80 Å². The topological polar surface area (TPSA) is 74.8 Å². The normalized spacial score (nSPS) is 24.3. The molecule has 214 valence electrons. The molecule has 0 spiro atoms. The van der Waals surface area contributed by atoms with E-state index in [1.165, 1.54) is 9.80 Å². The minimum Gasteiger partial charge on any atom is -0.274 e. The highest BCUT2D eigenvalue weighted by Crippen LogP contribution is 2.63. The molecule has 2 aliphatic heterocycles. The molecule has 0 saturated carbocycles. The first-order chi connectivity index (χ1) is 20.6. The average molecular weight is 569 g/mol. The first-order valence-corrected chi connectivity index (χ1v) is 14.7. The molecule has 2 heterocycles. The van der Waals surface area contributed by atoms with Crippen molar-refractivity contribution in [3.8, 4) is 0 Å². The summed E-state index contributed by atoms with van der Waals surface area (Å²) in [5, 5.41) is 0. The summed E-state index contributed by atoms with van der Waals surface area (Å²) in [4.78, 5) is 61.2. The summed E-state index contributed by atoms with van der Waals surface area (Å²) in [5.41, 5.74) is 5.59. The maximum Gasteiger partial charge on any atom is 0.242 e. The summed E-state index contributed by atoms with van der Waals surface area (Å²) in [6, 6.07) is 28.1. The number of hydrogen-bond donors (Lipinski definition) is 0. The molecule has 6 heteroatoms. The number of amides is 4. The van der Waals surface area contributed by atoms with Crippen LogP contribution in [0.1, 0.15) is 50.8 Å². The summed E-state index contributed by atoms with van der Waals surface area (Å²) in [6.07, 6.45) is 0.153. The zero-order chi connectivity index (χ0) is 30.2. The molecule has 4 aromatic rings. The minimum atomic E-state index is -1.49. The lowest BCUT2D eigenvalue weighted by molar-refractivity contribution is -0.138. The Morgan fingerprint density at radius 1 is 0.558 bits per heavy atom. The highest BCUT2D eigenvalue weighted by molar-refractivity contribution is 6.31. The molecule has 0 N–H and O–H groups in total. The molecule has 4 aromatic carbocycles. The van der Waals surface area contributed by atoms with Gasteiger partial charge in [-0.2, -0.15) is 0 Å². The van der Waals surface area contributed by atoms with Crippen molar-refractivity contribution in [1.82, 2.24) is 0 Å². The number of nitrogens with zero attached hydrogens (tertiary/aromatic N) is 2. The number of benzene rings is 4. The number of carbonyl (C=O) groups is 4. The van der Waals surface area contributed by atoms with Crippen LogP contribution >= 0.6 is 0 Å². The van der Waals surface area contributed by atoms with Crippen molar-refractivity contribution in [1.29, 1.82) is 0 Å². The van der Waals surface area contributed by atoms with Crippen LogP contribution in [-0.2, 0) is 25.6 Å². The van der Waals surface area contributed by atoms with Crippen molar-refractivity contribution in [2.24, 2.45) is 11.3 Å². The second kappa shape index (κ2) is 9.60. The van der Waals surface area contributed by atoms with Crippen LogP contribution in [0.5, 0.6) is 0 Å². The van der Waals surface area contributed by atoms with Crippen molar-refractivity contribution in [3.63, 3.8) is 0 Å². The molecule has 0 unspecified atom stereocenters. The Kier molecular flexibility index (Phi) is 6.03. The van der Waals surface area contributed by atoms with Crippen LogP contribution in [0.2, 0.25) is 0 Å². The third-order valence-corrected chi connectivity index (χ3v) is 9.53. The number of fused-ring (bicyclic) bond motifs is 6. The largest absolute Gasteiger partial charge is 0.274 e. The minimum absolute atomic E-state index is 0.153. The third kappa shape index (κ3) is 3.86. The van der Waals surface area contributed by atoms with Crippen molar-refractivity contribution in [2.75, 3.05) is 9.80 Å². The zero-order valence-electron chi connectivity index (χ0n) is 24.6. The van der Waals surface area contributed by atoms with Gasteiger partial charge < -0.3 is 0 Å². The van der Waals surface area contributed by atoms with E-state index in [2.05, 4.69) is 0 Å². The molecular weight excluding hydrogens is 536 g/mol. The van der Waals surface area contributed by atoms with Gasteiger partial charge in [0.25, 0.3) is 0 Å². The molecule has 2 saturated heterocycles. The lowest BCUT2D eigenvalue weighted by Crippen LogP contribution is -2.51. The van der Waals surface area contributed by atoms with Gasteiger partial charge in [-0.3, -0.25) is 19.2 Å². The number of aryl methyl sites for hydroxylation is 4. The number of anilines is 2. The molecule has 3 aliphatic rings. The van der Waals surface area contributed by atoms with E-state index in [1.54, 1.807) is 24.3 Å². The van der Waals surface area contributed by atoms with Crippen LogP contribution in [0.15, 0.2) is 91.0 Å². The van der Waals surface area contributed by atoms with Crippen LogP contribution in [0.25, 0.3) is 0 Å². The van der Waals surface area contributed by atoms with Crippen molar-refractivity contribution < 1.29 is 19.2 Å². The van der Waals surface area contributed by atoms with E-state index in [0.717, 1.165) is 27.8 Å². The Balaban J connectivity index is 1.50. The number of imide groups is 2. The van der Waals surface area contributed by atoms with Gasteiger partial charge in [-0.05, 0) is 75.1 Å². The van der Waals surface area contributed by atoms with E-state index < -0.39 is 35.0 Å². The molecule has 7 rings (SSSR count). The lowest BCUT2D eigenvalue weighted by atomic mass is 9.54. The van der Waals surface area contributed by atoms with E-state index in [9.17, 15) is 14.4 Å². The molecule has 4 amide bonds. The van der Waals surface area contributed by atoms with Gasteiger partial charge in [-0.1, -0.05) is 89.0 Å². The highest BCUT2D eigenvalue weighted by atomic mass is 16.2. The molecule has 2 fully saturated rings. The Labute approximate surface area is 250 Å². The second-order valence-electron chi connectivity index (χ2n) is 12.4. The first kappa shape index (κ1) is 27.0. The molecule has 1 aliphatic carbocycles. The van der Waals surface area contributed by atoms with Gasteiger partial charge in [0.1, 0.15) is 0 Å². The van der Waals surface area contributed by atoms with E-state index in [1.807, 2.05) is 94.4 Å². The summed E-state index contributed by atoms with van der Waals surface area (Å²) < 4.78 is 0. The number of carbonyl (C=O) groups excluding carboxylic acids is 4. The Morgan fingerprint density at radius 2 is 1.07 bits per heavy atom. The van der Waals surface area contributed by atoms with Gasteiger partial charge in [0.2, 0.25) is 23.6 Å². The summed E-state index contributed by atoms with van der Waals surface area (Å²) in [6.45, 7) is 7.82. The maximum absolute atomic E-state index is 15.0. The zero-order valence-corrected chi connectivity index (χ0v) is 24.6. The van der Waals surface area contributed by atoms with Crippen molar-refractivity contribution in [3.05, 3.63) is 130 Å². The molecule has 43 heavy (non-hydrogen) atoms. The number of rotatable bonds is 4. The molecule has 6 nitrogen and oxygen atoms in total. The Morgan fingerprint density at radius 3 is 1.65 bits per heavy atom. The van der Waals surface area contributed by atoms with Gasteiger partial charge >= 0.3 is 0 Å². The van der Waals surface area contributed by atoms with Gasteiger partial charge in [-0.15, -0.1) is 0 Å². The fraction of sp³-hybridized carbons (Fsp3) is 0.243. The van der Waals surface area contributed by atoms with Gasteiger partial charge in [0.15, 0.2) is 0 Å². The maximum atomic E-state index is 15.0. The van der Waals surface area contributed by atoms with Crippen LogP contribution in [0.4, 0.5) is 11.4 Å². The predicted octanol–water partition coefficient (Wildman–Crippen LogP) is 6.09. The van der Waals surface area contributed by atoms with E-state index in [4.69, 9.17) is 0 Å². The standard InChI is InChI=1S/C37H32N2O4/c1-21-5-12-25(13-6-21)20-37-31(34(41)39(36(37)43)27-16-9-23(3)10-17-27)29-19-24(4)11-18-28(29)30-32(37)35(42)38(33(30)40)26-14-7-22(2)8-15-26/h5-19,30-32H,20H2,1-4H3/t30-,31+,32-,37-/m1/s1. The summed E-state index contributed by atoms with van der Waals surface area (Å²) in [5.74, 6) is -4.45. The van der Waals surface area contributed by atoms with Gasteiger partial charge in [0, 0.05) is 0 Å². The Hall–Kier alpha value is -4.84. The number of hydrogen-bond acceptors (Lipinski definition) is 4. The summed E-state index contributed by atoms with van der Waals surface area (Å²) >= 11 is 0. The average Bonchev–Trinajstić information content (AvgIpc) is 3.38. The van der Waals surface area contributed by atoms with Crippen LogP contribution in [0.3, 0.4) is 0 Å². The smallest absolute Gasteiger partial charge is 0.242 e. The van der Waals surface area contributed by atoms with Crippen molar-refractivity contribution >= 4 is 35.0 Å². The fourth-order valence-corrected chi connectivity index (χ4v) is 7.45. The lowest BCUT2D eigenvalue weighted by Gasteiger charge is -2.43. The second-order valence-corrected chi connectivity index (χ2v) is 12.4. The van der Waals surface area contributed by atoms with Crippen LogP contribution < -0.4 is 9.80 Å². The SMILES string of the molecule is Cc1ccc(C[C@@]23C(=O)N(c4ccc(C)cc4)C(=O)[C@@H]2c2cc(C)ccc2[C@H]2C(=O)N(c4ccc(C)cc4)C(=O)[C@@H]23)cc1. The van der Waals surface area contributed by atoms with Crippen LogP contribution in [-0.4, -0.2) is 23.6 Å². The van der Waals surface area contributed by atoms with E-state index in [-0.39, 0.29) is 18.2 Å². The molecule has 4 atom stereocenters. The molecular formula is C37H32N2O4. The van der Waals surface area contributed by atoms with Gasteiger partial charge in [0.05, 0.1) is 34.5 Å². The first-order valence-electron chi connectivity index (χ1n) is 14.7. The summed E-state index contributed by atoms with van der Waals surface area (Å²) in [7, 11) is 0. The monoisotopic (exact) mass is 568 g/mol. The molecule has 0 bridgehead atoms. The molecule has 0 aromatic heterocycles. The third-order valence-electron chi connectivity index (χ3n) is 9.53. The van der Waals surface area contributed by atoms with E-state index >= 15 is 4.79 Å². The fourth-order valence-electron chi connectivity index (χ4n) is 7.45. The predicted molar refractivity (Wildman–Crippen MR) is 165 cm³/mol. The highest BCUT2D eigenvalue weighted by Gasteiger charge is 2.73. The van der Waals surface area contributed by atoms with Crippen molar-refractivity contribution in [2.45, 2.75) is 46.0 Å². The Bertz CT molecular complexity index is 1820. The molecule has 0 radical (unpaired) electrons. The van der Waals surface area contributed by atoms with E-state index in [0.29, 0.717) is 22.5 Å².